The molecule has 1 N–H and O–H groups in total. The van der Waals surface area contributed by atoms with Crippen LogP contribution in [0.15, 0.2) is 48.7 Å². The molecule has 1 fully saturated rings. The molecule has 12 heteroatoms. The molecule has 0 unspecified atom stereocenters. The molecule has 1 aliphatic rings. The molecule has 2 amide bonds. The first-order chi connectivity index (χ1) is 18.0. The second-order valence-electron chi connectivity index (χ2n) is 10.4. The van der Waals surface area contributed by atoms with E-state index in [2.05, 4.69) is 4.98 Å². The summed E-state index contributed by atoms with van der Waals surface area (Å²) in [6.45, 7) is 4.95. The van der Waals surface area contributed by atoms with E-state index in [0.29, 0.717) is 12.1 Å². The number of hydrogen-bond acceptors (Lipinski definition) is 3. The zero-order chi connectivity index (χ0) is 28.8. The Morgan fingerprint density at radius 1 is 0.949 bits per heavy atom. The summed E-state index contributed by atoms with van der Waals surface area (Å²) in [5.41, 5.74) is -3.06. The van der Waals surface area contributed by atoms with Gasteiger partial charge in [-0.15, -0.1) is 0 Å². The molecule has 1 atom stereocenters. The number of carbonyl (C=O) groups excluding carboxylic acids is 2. The molecule has 2 heterocycles. The van der Waals surface area contributed by atoms with Crippen LogP contribution >= 0.6 is 0 Å². The lowest BCUT2D eigenvalue weighted by atomic mass is 9.99. The highest BCUT2D eigenvalue weighted by Gasteiger charge is 2.40. The van der Waals surface area contributed by atoms with Gasteiger partial charge in [0, 0.05) is 42.3 Å². The van der Waals surface area contributed by atoms with E-state index in [9.17, 15) is 35.9 Å². The number of piperazine rings is 1. The van der Waals surface area contributed by atoms with Gasteiger partial charge in [0.1, 0.15) is 5.60 Å². The fraction of sp³-hybridized carbons (Fsp3) is 0.407. The lowest BCUT2D eigenvalue weighted by Gasteiger charge is -2.42. The Kier molecular flexibility index (Phi) is 7.35. The largest absolute Gasteiger partial charge is 0.444 e. The van der Waals surface area contributed by atoms with Crippen LogP contribution in [-0.2, 0) is 23.5 Å². The molecular formula is C27H27F6N3O3. The summed E-state index contributed by atoms with van der Waals surface area (Å²) >= 11 is 0. The van der Waals surface area contributed by atoms with Crippen LogP contribution in [0.4, 0.5) is 31.1 Å². The first-order valence-corrected chi connectivity index (χ1v) is 12.2. The average Bonchev–Trinajstić information content (AvgIpc) is 3.24. The van der Waals surface area contributed by atoms with Gasteiger partial charge in [-0.3, -0.25) is 4.79 Å². The Balaban J connectivity index is 1.71. The van der Waals surface area contributed by atoms with Crippen molar-refractivity contribution in [3.05, 3.63) is 70.9 Å². The molecular weight excluding hydrogens is 528 g/mol. The molecule has 0 saturated carbocycles. The minimum absolute atomic E-state index is 0.00384. The topological polar surface area (TPSA) is 65.6 Å². The molecule has 0 bridgehead atoms. The van der Waals surface area contributed by atoms with Crippen LogP contribution in [0.2, 0.25) is 0 Å². The maximum atomic E-state index is 13.5. The van der Waals surface area contributed by atoms with E-state index >= 15 is 0 Å². The number of hydrogen-bond donors (Lipinski definition) is 1. The maximum Gasteiger partial charge on any atom is 0.416 e. The summed E-state index contributed by atoms with van der Waals surface area (Å²) in [6.07, 6.45) is -8.88. The fourth-order valence-electron chi connectivity index (χ4n) is 4.59. The number of aromatic nitrogens is 1. The number of halogens is 6. The molecule has 210 valence electrons. The molecule has 4 rings (SSSR count). The van der Waals surface area contributed by atoms with Gasteiger partial charge in [0.05, 0.1) is 17.2 Å². The predicted octanol–water partition coefficient (Wildman–Crippen LogP) is 6.51. The molecule has 3 aromatic rings. The number of nitrogens with one attached hydrogen (secondary N) is 1. The van der Waals surface area contributed by atoms with Crippen molar-refractivity contribution in [1.82, 2.24) is 14.8 Å². The highest BCUT2D eigenvalue weighted by Crippen LogP contribution is 2.37. The van der Waals surface area contributed by atoms with Crippen molar-refractivity contribution in [3.8, 4) is 0 Å². The van der Waals surface area contributed by atoms with E-state index in [4.69, 9.17) is 4.74 Å². The molecule has 0 aliphatic carbocycles. The summed E-state index contributed by atoms with van der Waals surface area (Å²) < 4.78 is 86.1. The quantitative estimate of drug-likeness (QED) is 0.375. The van der Waals surface area contributed by atoms with E-state index < -0.39 is 52.7 Å². The Hall–Kier alpha value is -3.70. The number of fused-ring (bicyclic) bond motifs is 1. The third kappa shape index (κ3) is 6.48. The van der Waals surface area contributed by atoms with E-state index in [-0.39, 0.29) is 32.1 Å². The van der Waals surface area contributed by atoms with Gasteiger partial charge in [-0.25, -0.2) is 4.79 Å². The van der Waals surface area contributed by atoms with Crippen molar-refractivity contribution in [2.24, 2.45) is 0 Å². The first-order valence-electron chi connectivity index (χ1n) is 12.2. The molecule has 1 saturated heterocycles. The number of alkyl halides is 6. The number of para-hydroxylation sites is 1. The van der Waals surface area contributed by atoms with Crippen molar-refractivity contribution in [2.45, 2.75) is 51.2 Å². The van der Waals surface area contributed by atoms with Gasteiger partial charge in [0.25, 0.3) is 5.91 Å². The number of nitrogens with zero attached hydrogens (tertiary/aromatic N) is 2. The fourth-order valence-corrected chi connectivity index (χ4v) is 4.59. The van der Waals surface area contributed by atoms with Gasteiger partial charge < -0.3 is 19.5 Å². The van der Waals surface area contributed by atoms with Gasteiger partial charge in [0.15, 0.2) is 0 Å². The molecule has 0 spiro atoms. The lowest BCUT2D eigenvalue weighted by molar-refractivity contribution is -0.143. The van der Waals surface area contributed by atoms with Gasteiger partial charge in [0.2, 0.25) is 0 Å². The third-order valence-corrected chi connectivity index (χ3v) is 6.36. The number of aromatic amines is 1. The number of benzene rings is 2. The molecule has 39 heavy (non-hydrogen) atoms. The van der Waals surface area contributed by atoms with Crippen molar-refractivity contribution >= 4 is 22.9 Å². The van der Waals surface area contributed by atoms with E-state index in [1.807, 2.05) is 24.3 Å². The van der Waals surface area contributed by atoms with Gasteiger partial charge in [-0.1, -0.05) is 18.2 Å². The normalized spacial score (nSPS) is 17.0. The van der Waals surface area contributed by atoms with Gasteiger partial charge >= 0.3 is 18.4 Å². The highest BCUT2D eigenvalue weighted by atomic mass is 19.4. The van der Waals surface area contributed by atoms with E-state index in [0.717, 1.165) is 16.5 Å². The second kappa shape index (κ2) is 10.1. The zero-order valence-corrected chi connectivity index (χ0v) is 21.4. The number of ether oxygens (including phenoxy) is 1. The third-order valence-electron chi connectivity index (χ3n) is 6.36. The second-order valence-corrected chi connectivity index (χ2v) is 10.4. The summed E-state index contributed by atoms with van der Waals surface area (Å²) in [4.78, 5) is 32.0. The maximum absolute atomic E-state index is 13.5. The zero-order valence-electron chi connectivity index (χ0n) is 21.4. The van der Waals surface area contributed by atoms with E-state index in [1.165, 1.54) is 9.80 Å². The van der Waals surface area contributed by atoms with Crippen LogP contribution in [-0.4, -0.2) is 58.1 Å². The van der Waals surface area contributed by atoms with Crippen molar-refractivity contribution in [2.75, 3.05) is 19.6 Å². The van der Waals surface area contributed by atoms with Gasteiger partial charge in [-0.05, 0) is 57.0 Å². The summed E-state index contributed by atoms with van der Waals surface area (Å²) in [7, 11) is 0. The van der Waals surface area contributed by atoms with Crippen molar-refractivity contribution < 1.29 is 40.7 Å². The first kappa shape index (κ1) is 28.3. The number of rotatable bonds is 3. The van der Waals surface area contributed by atoms with Gasteiger partial charge in [-0.2, -0.15) is 26.3 Å². The smallest absolute Gasteiger partial charge is 0.416 e. The molecule has 6 nitrogen and oxygen atoms in total. The van der Waals surface area contributed by atoms with Crippen LogP contribution < -0.4 is 0 Å². The SMILES string of the molecule is CC(C)(C)OC(=O)N1CCN(C(=O)c2cc(C(F)(F)F)cc(C(F)(F)F)c2)[C@H](Cc2c[nH]c3ccccc23)C1. The Morgan fingerprint density at radius 3 is 2.15 bits per heavy atom. The Morgan fingerprint density at radius 2 is 1.56 bits per heavy atom. The number of H-pyrrole nitrogens is 1. The monoisotopic (exact) mass is 555 g/mol. The van der Waals surface area contributed by atoms with Crippen LogP contribution in [0.5, 0.6) is 0 Å². The van der Waals surface area contributed by atoms with Crippen LogP contribution in [0, 0.1) is 0 Å². The minimum atomic E-state index is -5.09. The van der Waals surface area contributed by atoms with Crippen molar-refractivity contribution in [1.29, 1.82) is 0 Å². The average molecular weight is 556 g/mol. The summed E-state index contributed by atoms with van der Waals surface area (Å²) in [6, 6.07) is 7.44. The molecule has 2 aromatic carbocycles. The van der Waals surface area contributed by atoms with Crippen LogP contribution in [0.25, 0.3) is 10.9 Å². The van der Waals surface area contributed by atoms with Crippen LogP contribution in [0.3, 0.4) is 0 Å². The van der Waals surface area contributed by atoms with E-state index in [1.54, 1.807) is 27.0 Å². The molecule has 0 radical (unpaired) electrons. The highest BCUT2D eigenvalue weighted by molar-refractivity contribution is 5.95. The lowest BCUT2D eigenvalue weighted by Crippen LogP contribution is -2.57. The predicted molar refractivity (Wildman–Crippen MR) is 131 cm³/mol. The van der Waals surface area contributed by atoms with Crippen molar-refractivity contribution in [3.63, 3.8) is 0 Å². The molecule has 1 aromatic heterocycles. The number of amides is 2. The summed E-state index contributed by atoms with van der Waals surface area (Å²) in [5, 5.41) is 0.845. The standard InChI is InChI=1S/C27H27F6N3O3/c1-25(2,3)39-24(38)35-8-9-36(20(15-35)12-17-14-34-22-7-5-4-6-21(17)22)23(37)16-10-18(26(28,29)30)13-19(11-16)27(31,32)33/h4-7,10-11,13-14,20,34H,8-9,12,15H2,1-3H3/t20-/m1/s1. The minimum Gasteiger partial charge on any atom is -0.444 e. The Labute approximate surface area is 220 Å². The molecule has 1 aliphatic heterocycles. The summed E-state index contributed by atoms with van der Waals surface area (Å²) in [5.74, 6) is -0.986. The number of carbonyl (C=O) groups is 2. The van der Waals surface area contributed by atoms with Crippen LogP contribution in [0.1, 0.15) is 47.8 Å². The Bertz CT molecular complexity index is 1340.